The molecule has 1 heterocycles. The molecule has 0 atom stereocenters. The molecule has 0 amide bonds. The quantitative estimate of drug-likeness (QED) is 0.539. The Morgan fingerprint density at radius 3 is 2.82 bits per heavy atom. The Labute approximate surface area is 129 Å². The summed E-state index contributed by atoms with van der Waals surface area (Å²) in [4.78, 5) is 16.7. The zero-order chi connectivity index (χ0) is 15.7. The predicted octanol–water partition coefficient (Wildman–Crippen LogP) is 3.98. The largest absolute Gasteiger partial charge is 0.362 e. The first-order chi connectivity index (χ1) is 10.5. The number of hydrogen-bond donors (Lipinski definition) is 0. The zero-order valence-corrected chi connectivity index (χ0v) is 12.5. The summed E-state index contributed by atoms with van der Waals surface area (Å²) in [5.74, 6) is -0.621. The van der Waals surface area contributed by atoms with E-state index < -0.39 is 10.7 Å². The Balaban J connectivity index is 1.91. The lowest BCUT2D eigenvalue weighted by atomic mass is 10.2. The van der Waals surface area contributed by atoms with Crippen molar-refractivity contribution in [2.24, 2.45) is 0 Å². The summed E-state index contributed by atoms with van der Waals surface area (Å²) >= 11 is 1.54. The molecule has 3 rings (SSSR count). The summed E-state index contributed by atoms with van der Waals surface area (Å²) in [5.41, 5.74) is 1.03. The number of halogens is 1. The third-order valence-electron chi connectivity index (χ3n) is 3.26. The van der Waals surface area contributed by atoms with Gasteiger partial charge in [0.1, 0.15) is 16.5 Å². The van der Waals surface area contributed by atoms with Crippen molar-refractivity contribution in [1.82, 2.24) is 4.98 Å². The van der Waals surface area contributed by atoms with Gasteiger partial charge < -0.3 is 4.90 Å². The van der Waals surface area contributed by atoms with E-state index in [-0.39, 0.29) is 5.69 Å². The van der Waals surface area contributed by atoms with E-state index in [9.17, 15) is 14.5 Å². The minimum absolute atomic E-state index is 0.247. The van der Waals surface area contributed by atoms with E-state index in [0.717, 1.165) is 21.3 Å². The highest BCUT2D eigenvalue weighted by Crippen LogP contribution is 2.30. The van der Waals surface area contributed by atoms with Crippen molar-refractivity contribution < 1.29 is 9.31 Å². The van der Waals surface area contributed by atoms with Gasteiger partial charge in [-0.05, 0) is 24.3 Å². The molecule has 0 spiro atoms. The van der Waals surface area contributed by atoms with E-state index in [2.05, 4.69) is 4.98 Å². The van der Waals surface area contributed by atoms with Crippen LogP contribution >= 0.6 is 11.3 Å². The number of hydrogen-bond acceptors (Lipinski definition) is 5. The van der Waals surface area contributed by atoms with Crippen LogP contribution in [0.1, 0.15) is 5.01 Å². The van der Waals surface area contributed by atoms with Crippen molar-refractivity contribution in [2.45, 2.75) is 6.54 Å². The van der Waals surface area contributed by atoms with Crippen LogP contribution in [-0.4, -0.2) is 17.0 Å². The number of rotatable bonds is 4. The van der Waals surface area contributed by atoms with Crippen molar-refractivity contribution in [2.75, 3.05) is 11.9 Å². The minimum atomic E-state index is -0.621. The molecule has 1 aromatic heterocycles. The van der Waals surface area contributed by atoms with Gasteiger partial charge in [0, 0.05) is 7.05 Å². The summed E-state index contributed by atoms with van der Waals surface area (Å²) in [5, 5.41) is 11.9. The summed E-state index contributed by atoms with van der Waals surface area (Å²) in [6.45, 7) is 0.422. The van der Waals surface area contributed by atoms with Crippen LogP contribution in [0.3, 0.4) is 0 Å². The highest BCUT2D eigenvalue weighted by atomic mass is 32.1. The number of nitro benzene ring substituents is 1. The van der Waals surface area contributed by atoms with E-state index in [0.29, 0.717) is 12.2 Å². The minimum Gasteiger partial charge on any atom is -0.362 e. The molecule has 7 heteroatoms. The SMILES string of the molecule is CN(Cc1nc2ccccc2s1)c1ccc(F)cc1[N+](=O)[O-]. The second-order valence-electron chi connectivity index (χ2n) is 4.82. The number of nitrogens with zero attached hydrogens (tertiary/aromatic N) is 3. The Bertz CT molecular complexity index is 817. The lowest BCUT2D eigenvalue weighted by molar-refractivity contribution is -0.384. The molecule has 0 radical (unpaired) electrons. The molecule has 0 aliphatic heterocycles. The van der Waals surface area contributed by atoms with Crippen LogP contribution < -0.4 is 4.90 Å². The third kappa shape index (κ3) is 2.75. The van der Waals surface area contributed by atoms with Crippen molar-refractivity contribution >= 4 is 32.9 Å². The zero-order valence-electron chi connectivity index (χ0n) is 11.7. The van der Waals surface area contributed by atoms with Crippen LogP contribution in [0.4, 0.5) is 15.8 Å². The second kappa shape index (κ2) is 5.69. The van der Waals surface area contributed by atoms with Gasteiger partial charge in [-0.1, -0.05) is 12.1 Å². The molecule has 0 unspecified atom stereocenters. The maximum atomic E-state index is 13.2. The van der Waals surface area contributed by atoms with E-state index in [4.69, 9.17) is 0 Å². The fourth-order valence-electron chi connectivity index (χ4n) is 2.24. The Hall–Kier alpha value is -2.54. The average molecular weight is 317 g/mol. The first-order valence-corrected chi connectivity index (χ1v) is 7.36. The normalized spacial score (nSPS) is 10.8. The van der Waals surface area contributed by atoms with Gasteiger partial charge in [0.15, 0.2) is 0 Å². The first-order valence-electron chi connectivity index (χ1n) is 6.54. The van der Waals surface area contributed by atoms with Gasteiger partial charge in [-0.15, -0.1) is 11.3 Å². The van der Waals surface area contributed by atoms with Gasteiger partial charge in [-0.25, -0.2) is 9.37 Å². The smallest absolute Gasteiger partial charge is 0.295 e. The highest BCUT2D eigenvalue weighted by Gasteiger charge is 2.19. The number of fused-ring (bicyclic) bond motifs is 1. The fraction of sp³-hybridized carbons (Fsp3) is 0.133. The van der Waals surface area contributed by atoms with Crippen molar-refractivity contribution in [3.8, 4) is 0 Å². The van der Waals surface area contributed by atoms with E-state index in [1.54, 1.807) is 23.3 Å². The lowest BCUT2D eigenvalue weighted by Gasteiger charge is -2.17. The Kier molecular flexibility index (Phi) is 3.72. The van der Waals surface area contributed by atoms with Crippen LogP contribution in [0.25, 0.3) is 10.2 Å². The Morgan fingerprint density at radius 1 is 1.32 bits per heavy atom. The number of anilines is 1. The highest BCUT2D eigenvalue weighted by molar-refractivity contribution is 7.18. The number of para-hydroxylation sites is 1. The standard InChI is InChI=1S/C15H12FN3O2S/c1-18(12-7-6-10(16)8-13(12)19(20)21)9-15-17-11-4-2-3-5-14(11)22-15/h2-8H,9H2,1H3. The van der Waals surface area contributed by atoms with Crippen LogP contribution in [0.15, 0.2) is 42.5 Å². The molecule has 22 heavy (non-hydrogen) atoms. The molecule has 0 fully saturated rings. The van der Waals surface area contributed by atoms with Gasteiger partial charge in [-0.2, -0.15) is 0 Å². The van der Waals surface area contributed by atoms with Crippen molar-refractivity contribution in [1.29, 1.82) is 0 Å². The summed E-state index contributed by atoms with van der Waals surface area (Å²) < 4.78 is 14.3. The molecule has 0 aliphatic carbocycles. The summed E-state index contributed by atoms with van der Waals surface area (Å²) in [6.07, 6.45) is 0. The summed E-state index contributed by atoms with van der Waals surface area (Å²) in [6, 6.07) is 11.3. The van der Waals surface area contributed by atoms with E-state index in [1.807, 2.05) is 24.3 Å². The molecule has 3 aromatic rings. The molecule has 0 saturated carbocycles. The molecular weight excluding hydrogens is 305 g/mol. The molecule has 0 aliphatic rings. The molecule has 0 bridgehead atoms. The summed E-state index contributed by atoms with van der Waals surface area (Å²) in [7, 11) is 1.73. The number of benzene rings is 2. The number of thiazole rings is 1. The van der Waals surface area contributed by atoms with E-state index >= 15 is 0 Å². The fourth-order valence-corrected chi connectivity index (χ4v) is 3.26. The van der Waals surface area contributed by atoms with Gasteiger partial charge in [0.05, 0.1) is 27.8 Å². The van der Waals surface area contributed by atoms with Crippen molar-refractivity contribution in [3.05, 3.63) is 63.4 Å². The van der Waals surface area contributed by atoms with Crippen LogP contribution in [0.2, 0.25) is 0 Å². The maximum Gasteiger partial charge on any atom is 0.295 e. The van der Waals surface area contributed by atoms with Crippen molar-refractivity contribution in [3.63, 3.8) is 0 Å². The van der Waals surface area contributed by atoms with Gasteiger partial charge in [-0.3, -0.25) is 10.1 Å². The molecule has 0 N–H and O–H groups in total. The third-order valence-corrected chi connectivity index (χ3v) is 4.28. The maximum absolute atomic E-state index is 13.2. The monoisotopic (exact) mass is 317 g/mol. The van der Waals surface area contributed by atoms with Gasteiger partial charge in [0.2, 0.25) is 0 Å². The number of nitro groups is 1. The molecule has 5 nitrogen and oxygen atoms in total. The second-order valence-corrected chi connectivity index (χ2v) is 5.94. The topological polar surface area (TPSA) is 59.3 Å². The first kappa shape index (κ1) is 14.4. The van der Waals surface area contributed by atoms with Crippen LogP contribution in [0, 0.1) is 15.9 Å². The van der Waals surface area contributed by atoms with Gasteiger partial charge >= 0.3 is 0 Å². The number of aromatic nitrogens is 1. The van der Waals surface area contributed by atoms with Crippen LogP contribution in [0.5, 0.6) is 0 Å². The molecule has 112 valence electrons. The van der Waals surface area contributed by atoms with Gasteiger partial charge in [0.25, 0.3) is 5.69 Å². The average Bonchev–Trinajstić information content (AvgIpc) is 2.89. The van der Waals surface area contributed by atoms with E-state index in [1.165, 1.54) is 12.1 Å². The molecule has 0 saturated heterocycles. The Morgan fingerprint density at radius 2 is 2.09 bits per heavy atom. The van der Waals surface area contributed by atoms with Crippen LogP contribution in [-0.2, 0) is 6.54 Å². The predicted molar refractivity (Wildman–Crippen MR) is 84.8 cm³/mol. The molecule has 2 aromatic carbocycles. The lowest BCUT2D eigenvalue weighted by Crippen LogP contribution is -2.17. The molecular formula is C15H12FN3O2S.